The second-order valence-corrected chi connectivity index (χ2v) is 4.44. The molecule has 14 heavy (non-hydrogen) atoms. The molecule has 0 spiro atoms. The van der Waals surface area contributed by atoms with E-state index < -0.39 is 0 Å². The summed E-state index contributed by atoms with van der Waals surface area (Å²) in [5, 5.41) is 1.87. The second kappa shape index (κ2) is 3.05. The van der Waals surface area contributed by atoms with Crippen molar-refractivity contribution in [2.24, 2.45) is 0 Å². The van der Waals surface area contributed by atoms with Gasteiger partial charge in [0.15, 0.2) is 5.75 Å². The van der Waals surface area contributed by atoms with E-state index in [0.717, 1.165) is 11.3 Å². The summed E-state index contributed by atoms with van der Waals surface area (Å²) < 4.78 is 0. The molecule has 74 valence electrons. The van der Waals surface area contributed by atoms with Crippen molar-refractivity contribution in [3.63, 3.8) is 0 Å². The molecule has 2 rings (SSSR count). The molecule has 0 bridgehead atoms. The number of hydrogen-bond donors (Lipinski definition) is 0. The van der Waals surface area contributed by atoms with Crippen molar-refractivity contribution in [3.05, 3.63) is 36.0 Å². The highest BCUT2D eigenvalue weighted by Crippen LogP contribution is 2.28. The van der Waals surface area contributed by atoms with Gasteiger partial charge in [0.1, 0.15) is 0 Å². The SMILES string of the molecule is CC(C)(C)N1C=Cc2ccccc2O1. The molecule has 1 aromatic carbocycles. The Bertz CT molecular complexity index is 363. The molecule has 2 nitrogen and oxygen atoms in total. The summed E-state index contributed by atoms with van der Waals surface area (Å²) in [7, 11) is 0. The predicted molar refractivity (Wildman–Crippen MR) is 57.7 cm³/mol. The Morgan fingerprint density at radius 1 is 1.14 bits per heavy atom. The molecule has 2 heteroatoms. The lowest BCUT2D eigenvalue weighted by atomic mass is 10.1. The first-order chi connectivity index (χ1) is 6.57. The summed E-state index contributed by atoms with van der Waals surface area (Å²) in [5.41, 5.74) is 1.12. The quantitative estimate of drug-likeness (QED) is 0.622. The van der Waals surface area contributed by atoms with Gasteiger partial charge < -0.3 is 4.84 Å². The van der Waals surface area contributed by atoms with Crippen LogP contribution in [0.15, 0.2) is 30.5 Å². The van der Waals surface area contributed by atoms with Gasteiger partial charge in [-0.3, -0.25) is 0 Å². The number of para-hydroxylation sites is 1. The van der Waals surface area contributed by atoms with E-state index in [9.17, 15) is 0 Å². The molecule has 0 amide bonds. The number of hydrogen-bond acceptors (Lipinski definition) is 2. The lowest BCUT2D eigenvalue weighted by molar-refractivity contribution is -0.0811. The van der Waals surface area contributed by atoms with E-state index >= 15 is 0 Å². The van der Waals surface area contributed by atoms with Crippen LogP contribution in [0.5, 0.6) is 5.75 Å². The van der Waals surface area contributed by atoms with Crippen molar-refractivity contribution in [2.45, 2.75) is 26.3 Å². The van der Waals surface area contributed by atoms with Gasteiger partial charge in [-0.1, -0.05) is 18.2 Å². The maximum absolute atomic E-state index is 5.74. The smallest absolute Gasteiger partial charge is 0.162 e. The first-order valence-electron chi connectivity index (χ1n) is 4.82. The Hall–Kier alpha value is -1.44. The highest BCUT2D eigenvalue weighted by Gasteiger charge is 2.23. The maximum Gasteiger partial charge on any atom is 0.162 e. The van der Waals surface area contributed by atoms with E-state index in [2.05, 4.69) is 26.8 Å². The third-order valence-corrected chi connectivity index (χ3v) is 2.17. The molecule has 0 unspecified atom stereocenters. The van der Waals surface area contributed by atoms with Gasteiger partial charge in [-0.2, -0.15) is 0 Å². The van der Waals surface area contributed by atoms with Crippen LogP contribution in [0, 0.1) is 0 Å². The van der Waals surface area contributed by atoms with Crippen LogP contribution in [0.25, 0.3) is 6.08 Å². The molecule has 1 aliphatic heterocycles. The van der Waals surface area contributed by atoms with Gasteiger partial charge in [-0.15, -0.1) is 0 Å². The molecule has 0 saturated carbocycles. The summed E-state index contributed by atoms with van der Waals surface area (Å²) >= 11 is 0. The molecule has 1 heterocycles. The molecule has 0 radical (unpaired) electrons. The van der Waals surface area contributed by atoms with Crippen molar-refractivity contribution < 1.29 is 4.84 Å². The minimum Gasteiger partial charge on any atom is -0.379 e. The zero-order valence-corrected chi connectivity index (χ0v) is 8.82. The van der Waals surface area contributed by atoms with Crippen molar-refractivity contribution in [1.82, 2.24) is 5.06 Å². The van der Waals surface area contributed by atoms with Crippen LogP contribution in [-0.2, 0) is 0 Å². The van der Waals surface area contributed by atoms with E-state index in [1.165, 1.54) is 0 Å². The third kappa shape index (κ3) is 1.60. The monoisotopic (exact) mass is 189 g/mol. The second-order valence-electron chi connectivity index (χ2n) is 4.44. The Kier molecular flexibility index (Phi) is 1.99. The predicted octanol–water partition coefficient (Wildman–Crippen LogP) is 3.07. The first-order valence-corrected chi connectivity index (χ1v) is 4.82. The lowest BCUT2D eigenvalue weighted by Gasteiger charge is -2.35. The van der Waals surface area contributed by atoms with Crippen LogP contribution in [0.1, 0.15) is 26.3 Å². The van der Waals surface area contributed by atoms with E-state index in [4.69, 9.17) is 4.84 Å². The fourth-order valence-electron chi connectivity index (χ4n) is 1.35. The van der Waals surface area contributed by atoms with Gasteiger partial charge in [0, 0.05) is 11.8 Å². The van der Waals surface area contributed by atoms with Gasteiger partial charge >= 0.3 is 0 Å². The third-order valence-electron chi connectivity index (χ3n) is 2.17. The van der Waals surface area contributed by atoms with E-state index in [1.54, 1.807) is 0 Å². The van der Waals surface area contributed by atoms with Crippen LogP contribution in [-0.4, -0.2) is 10.6 Å². The Labute approximate surface area is 84.8 Å². The minimum absolute atomic E-state index is 0.00989. The molecular weight excluding hydrogens is 174 g/mol. The van der Waals surface area contributed by atoms with Crippen molar-refractivity contribution >= 4 is 6.08 Å². The molecule has 0 atom stereocenters. The first kappa shape index (κ1) is 9.13. The lowest BCUT2D eigenvalue weighted by Crippen LogP contribution is -2.40. The molecule has 0 aliphatic carbocycles. The average molecular weight is 189 g/mol. The van der Waals surface area contributed by atoms with E-state index in [0.29, 0.717) is 0 Å². The van der Waals surface area contributed by atoms with Gasteiger partial charge in [-0.25, -0.2) is 5.06 Å². The topological polar surface area (TPSA) is 12.5 Å². The van der Waals surface area contributed by atoms with Crippen LogP contribution in [0.3, 0.4) is 0 Å². The molecular formula is C12H15NO. The normalized spacial score (nSPS) is 14.9. The minimum atomic E-state index is -0.00989. The maximum atomic E-state index is 5.74. The van der Waals surface area contributed by atoms with Crippen molar-refractivity contribution in [1.29, 1.82) is 0 Å². The fraction of sp³-hybridized carbons (Fsp3) is 0.333. The Morgan fingerprint density at radius 3 is 2.57 bits per heavy atom. The fourth-order valence-corrected chi connectivity index (χ4v) is 1.35. The van der Waals surface area contributed by atoms with Crippen LogP contribution in [0.2, 0.25) is 0 Å². The standard InChI is InChI=1S/C12H15NO/c1-12(2,3)13-9-8-10-6-4-5-7-11(10)14-13/h4-9H,1-3H3. The molecule has 0 fully saturated rings. The zero-order chi connectivity index (χ0) is 10.2. The number of benzene rings is 1. The van der Waals surface area contributed by atoms with Crippen LogP contribution in [0.4, 0.5) is 0 Å². The van der Waals surface area contributed by atoms with Crippen LogP contribution >= 0.6 is 0 Å². The molecule has 1 aliphatic rings. The van der Waals surface area contributed by atoms with Crippen LogP contribution < -0.4 is 4.84 Å². The molecule has 0 saturated heterocycles. The Morgan fingerprint density at radius 2 is 1.86 bits per heavy atom. The average Bonchev–Trinajstić information content (AvgIpc) is 2.16. The number of rotatable bonds is 0. The van der Waals surface area contributed by atoms with Crippen molar-refractivity contribution in [2.75, 3.05) is 0 Å². The molecule has 1 aromatic rings. The van der Waals surface area contributed by atoms with E-state index in [-0.39, 0.29) is 5.54 Å². The van der Waals surface area contributed by atoms with Gasteiger partial charge in [-0.05, 0) is 32.9 Å². The number of fused-ring (bicyclic) bond motifs is 1. The highest BCUT2D eigenvalue weighted by molar-refractivity contribution is 5.58. The van der Waals surface area contributed by atoms with Crippen molar-refractivity contribution in [3.8, 4) is 5.75 Å². The van der Waals surface area contributed by atoms with Gasteiger partial charge in [0.05, 0.1) is 5.54 Å². The summed E-state index contributed by atoms with van der Waals surface area (Å²) in [6.07, 6.45) is 4.05. The largest absolute Gasteiger partial charge is 0.379 e. The highest BCUT2D eigenvalue weighted by atomic mass is 16.7. The van der Waals surface area contributed by atoms with Gasteiger partial charge in [0.2, 0.25) is 0 Å². The summed E-state index contributed by atoms with van der Waals surface area (Å²) in [6, 6.07) is 8.03. The number of hydroxylamine groups is 2. The summed E-state index contributed by atoms with van der Waals surface area (Å²) in [6.45, 7) is 6.35. The summed E-state index contributed by atoms with van der Waals surface area (Å²) in [5.74, 6) is 0.921. The molecule has 0 N–H and O–H groups in total. The van der Waals surface area contributed by atoms with Gasteiger partial charge in [0.25, 0.3) is 0 Å². The number of nitrogens with zero attached hydrogens (tertiary/aromatic N) is 1. The molecule has 0 aromatic heterocycles. The van der Waals surface area contributed by atoms with E-state index in [1.807, 2.05) is 35.5 Å². The zero-order valence-electron chi connectivity index (χ0n) is 8.82. The summed E-state index contributed by atoms with van der Waals surface area (Å²) in [4.78, 5) is 5.74. The Balaban J connectivity index is 2.30.